The van der Waals surface area contributed by atoms with E-state index in [1.165, 1.54) is 5.56 Å². The van der Waals surface area contributed by atoms with Gasteiger partial charge in [0, 0.05) is 30.8 Å². The average Bonchev–Trinajstić information content (AvgIpc) is 2.68. The van der Waals surface area contributed by atoms with E-state index in [2.05, 4.69) is 18.2 Å². The van der Waals surface area contributed by atoms with Gasteiger partial charge in [0.25, 0.3) is 5.91 Å². The van der Waals surface area contributed by atoms with Gasteiger partial charge in [-0.3, -0.25) is 4.79 Å². The van der Waals surface area contributed by atoms with Crippen LogP contribution in [0.3, 0.4) is 0 Å². The molecule has 1 saturated heterocycles. The Kier molecular flexibility index (Phi) is 4.46. The molecule has 0 bridgehead atoms. The van der Waals surface area contributed by atoms with Crippen LogP contribution in [-0.2, 0) is 6.42 Å². The molecule has 3 nitrogen and oxygen atoms in total. The molecule has 2 aromatic carbocycles. The third-order valence-electron chi connectivity index (χ3n) is 5.45. The molecule has 0 radical (unpaired) electrons. The van der Waals surface area contributed by atoms with Gasteiger partial charge in [-0.1, -0.05) is 30.3 Å². The van der Waals surface area contributed by atoms with Crippen molar-refractivity contribution in [1.82, 2.24) is 4.90 Å². The number of carbonyl (C=O) groups is 1. The molecule has 2 aliphatic rings. The Balaban J connectivity index is 1.46. The van der Waals surface area contributed by atoms with Crippen LogP contribution in [0, 0.1) is 0 Å². The number of rotatable bonds is 2. The van der Waals surface area contributed by atoms with Gasteiger partial charge in [0.2, 0.25) is 0 Å². The molecule has 2 aromatic rings. The zero-order valence-electron chi connectivity index (χ0n) is 14.5. The van der Waals surface area contributed by atoms with Gasteiger partial charge in [-0.25, -0.2) is 0 Å². The molecular formula is C21H23NO2S. The molecule has 0 N–H and O–H groups in total. The van der Waals surface area contributed by atoms with Gasteiger partial charge in [-0.2, -0.15) is 0 Å². The summed E-state index contributed by atoms with van der Waals surface area (Å²) in [5.41, 5.74) is 2.03. The Labute approximate surface area is 153 Å². The number of ether oxygens (including phenoxy) is 1. The second kappa shape index (κ2) is 6.75. The summed E-state index contributed by atoms with van der Waals surface area (Å²) < 4.78 is 6.40. The number of fused-ring (bicyclic) bond motifs is 1. The third kappa shape index (κ3) is 3.15. The van der Waals surface area contributed by atoms with Crippen molar-refractivity contribution < 1.29 is 9.53 Å². The normalized spacial score (nSPS) is 18.5. The number of likely N-dealkylation sites (tertiary alicyclic amines) is 1. The quantitative estimate of drug-likeness (QED) is 0.749. The van der Waals surface area contributed by atoms with Crippen molar-refractivity contribution in [3.8, 4) is 5.75 Å². The number of benzene rings is 2. The molecule has 0 saturated carbocycles. The van der Waals surface area contributed by atoms with Crippen LogP contribution in [0.15, 0.2) is 53.4 Å². The summed E-state index contributed by atoms with van der Waals surface area (Å²) in [7, 11) is 0. The van der Waals surface area contributed by atoms with Crippen LogP contribution in [-0.4, -0.2) is 35.8 Å². The summed E-state index contributed by atoms with van der Waals surface area (Å²) in [6.45, 7) is 1.54. The number of carbonyl (C=O) groups excluding carboxylic acids is 1. The van der Waals surface area contributed by atoms with E-state index in [9.17, 15) is 4.79 Å². The SMILES string of the molecule is CSc1ccccc1C(=O)N1CCC2(CCc3ccccc3O2)CC1. The Bertz CT molecular complexity index is 781. The van der Waals surface area contributed by atoms with E-state index in [0.717, 1.165) is 55.0 Å². The van der Waals surface area contributed by atoms with Gasteiger partial charge >= 0.3 is 0 Å². The highest BCUT2D eigenvalue weighted by Crippen LogP contribution is 2.39. The lowest BCUT2D eigenvalue weighted by atomic mass is 9.83. The van der Waals surface area contributed by atoms with Crippen molar-refractivity contribution in [1.29, 1.82) is 0 Å². The molecule has 4 heteroatoms. The molecule has 1 fully saturated rings. The van der Waals surface area contributed by atoms with Gasteiger partial charge in [0.15, 0.2) is 0 Å². The predicted molar refractivity (Wildman–Crippen MR) is 101 cm³/mol. The fourth-order valence-corrected chi connectivity index (χ4v) is 4.51. The Hall–Kier alpha value is -1.94. The fourth-order valence-electron chi connectivity index (χ4n) is 3.92. The number of thioether (sulfide) groups is 1. The number of piperidine rings is 1. The smallest absolute Gasteiger partial charge is 0.254 e. The topological polar surface area (TPSA) is 29.5 Å². The van der Waals surface area contributed by atoms with Crippen LogP contribution in [0.5, 0.6) is 5.75 Å². The van der Waals surface area contributed by atoms with Crippen LogP contribution in [0.25, 0.3) is 0 Å². The predicted octanol–water partition coefficient (Wildman–Crippen LogP) is 4.41. The molecular weight excluding hydrogens is 330 g/mol. The first-order valence-corrected chi connectivity index (χ1v) is 10.1. The lowest BCUT2D eigenvalue weighted by molar-refractivity contribution is -0.0107. The van der Waals surface area contributed by atoms with Gasteiger partial charge < -0.3 is 9.64 Å². The summed E-state index contributed by atoms with van der Waals surface area (Å²) in [5.74, 6) is 1.18. The van der Waals surface area contributed by atoms with E-state index < -0.39 is 0 Å². The van der Waals surface area contributed by atoms with Crippen molar-refractivity contribution >= 4 is 17.7 Å². The first-order chi connectivity index (χ1) is 12.2. The summed E-state index contributed by atoms with van der Waals surface area (Å²) in [6, 6.07) is 16.2. The fraction of sp³-hybridized carbons (Fsp3) is 0.381. The second-order valence-corrected chi connectivity index (χ2v) is 7.73. The highest BCUT2D eigenvalue weighted by Gasteiger charge is 2.40. The maximum Gasteiger partial charge on any atom is 0.254 e. The average molecular weight is 353 g/mol. The van der Waals surface area contributed by atoms with Crippen molar-refractivity contribution in [3.05, 3.63) is 59.7 Å². The van der Waals surface area contributed by atoms with Gasteiger partial charge in [0.1, 0.15) is 11.4 Å². The van der Waals surface area contributed by atoms with Crippen molar-refractivity contribution in [2.45, 2.75) is 36.2 Å². The molecule has 0 aliphatic carbocycles. The molecule has 2 aliphatic heterocycles. The van der Waals surface area contributed by atoms with Gasteiger partial charge in [-0.05, 0) is 42.9 Å². The van der Waals surface area contributed by atoms with Crippen LogP contribution in [0.2, 0.25) is 0 Å². The maximum atomic E-state index is 12.9. The molecule has 25 heavy (non-hydrogen) atoms. The summed E-state index contributed by atoms with van der Waals surface area (Å²) >= 11 is 1.63. The van der Waals surface area contributed by atoms with Crippen LogP contribution >= 0.6 is 11.8 Å². The van der Waals surface area contributed by atoms with E-state index >= 15 is 0 Å². The number of nitrogens with zero attached hydrogens (tertiary/aromatic N) is 1. The van der Waals surface area contributed by atoms with Crippen molar-refractivity contribution in [3.63, 3.8) is 0 Å². The number of para-hydroxylation sites is 1. The first-order valence-electron chi connectivity index (χ1n) is 8.90. The Morgan fingerprint density at radius 3 is 2.56 bits per heavy atom. The summed E-state index contributed by atoms with van der Waals surface area (Å²) in [4.78, 5) is 16.0. The minimum Gasteiger partial charge on any atom is -0.487 e. The van der Waals surface area contributed by atoms with E-state index in [4.69, 9.17) is 4.74 Å². The van der Waals surface area contributed by atoms with E-state index in [0.29, 0.717) is 0 Å². The minimum absolute atomic E-state index is 0.0931. The largest absolute Gasteiger partial charge is 0.487 e. The molecule has 0 unspecified atom stereocenters. The lowest BCUT2D eigenvalue weighted by Crippen LogP contribution is -2.51. The second-order valence-electron chi connectivity index (χ2n) is 6.89. The lowest BCUT2D eigenvalue weighted by Gasteiger charge is -2.44. The zero-order chi connectivity index (χ0) is 17.3. The van der Waals surface area contributed by atoms with Crippen LogP contribution in [0.1, 0.15) is 35.2 Å². The molecule has 130 valence electrons. The zero-order valence-corrected chi connectivity index (χ0v) is 15.3. The number of amides is 1. The van der Waals surface area contributed by atoms with E-state index in [1.807, 2.05) is 41.5 Å². The summed E-state index contributed by atoms with van der Waals surface area (Å²) in [5, 5.41) is 0. The first kappa shape index (κ1) is 16.5. The molecule has 1 amide bonds. The molecule has 1 spiro atoms. The van der Waals surface area contributed by atoms with E-state index in [-0.39, 0.29) is 11.5 Å². The van der Waals surface area contributed by atoms with Crippen LogP contribution < -0.4 is 4.74 Å². The third-order valence-corrected chi connectivity index (χ3v) is 6.24. The van der Waals surface area contributed by atoms with Crippen LogP contribution in [0.4, 0.5) is 0 Å². The molecule has 0 aromatic heterocycles. The standard InChI is InChI=1S/C21H23NO2S/c1-25-19-9-5-3-7-17(19)20(23)22-14-12-21(13-15-22)11-10-16-6-2-4-8-18(16)24-21/h2-9H,10-15H2,1H3. The van der Waals surface area contributed by atoms with Gasteiger partial charge in [0.05, 0.1) is 5.56 Å². The summed E-state index contributed by atoms with van der Waals surface area (Å²) in [6.07, 6.45) is 5.96. The molecule has 0 atom stereocenters. The Morgan fingerprint density at radius 1 is 1.04 bits per heavy atom. The molecule has 4 rings (SSSR count). The molecule has 2 heterocycles. The highest BCUT2D eigenvalue weighted by molar-refractivity contribution is 7.98. The van der Waals surface area contributed by atoms with Crippen molar-refractivity contribution in [2.24, 2.45) is 0 Å². The Morgan fingerprint density at radius 2 is 1.76 bits per heavy atom. The highest BCUT2D eigenvalue weighted by atomic mass is 32.2. The number of hydrogen-bond donors (Lipinski definition) is 0. The van der Waals surface area contributed by atoms with E-state index in [1.54, 1.807) is 11.8 Å². The monoisotopic (exact) mass is 353 g/mol. The van der Waals surface area contributed by atoms with Crippen molar-refractivity contribution in [2.75, 3.05) is 19.3 Å². The van der Waals surface area contributed by atoms with Gasteiger partial charge in [-0.15, -0.1) is 11.8 Å². The minimum atomic E-state index is -0.0931. The number of aryl methyl sites for hydroxylation is 1. The maximum absolute atomic E-state index is 12.9. The number of hydrogen-bond acceptors (Lipinski definition) is 3.